The molecular formula is C20H31N5O2. The zero-order valence-corrected chi connectivity index (χ0v) is 17.0. The van der Waals surface area contributed by atoms with Crippen LogP contribution < -0.4 is 20.1 Å². The van der Waals surface area contributed by atoms with Crippen LogP contribution in [0.2, 0.25) is 0 Å². The van der Waals surface area contributed by atoms with Gasteiger partial charge in [-0.3, -0.25) is 9.67 Å². The maximum atomic E-state index is 5.91. The molecule has 1 aromatic carbocycles. The minimum absolute atomic E-state index is 0.00893. The molecule has 7 heteroatoms. The van der Waals surface area contributed by atoms with Crippen molar-refractivity contribution < 1.29 is 9.47 Å². The maximum absolute atomic E-state index is 5.91. The molecule has 1 unspecified atom stereocenters. The minimum atomic E-state index is -0.00893. The Bertz CT molecular complexity index is 742. The van der Waals surface area contributed by atoms with E-state index in [0.29, 0.717) is 6.54 Å². The molecule has 0 aliphatic carbocycles. The normalized spacial score (nSPS) is 12.6. The Kier molecular flexibility index (Phi) is 7.98. The Hall–Kier alpha value is -2.70. The fourth-order valence-electron chi connectivity index (χ4n) is 2.75. The van der Waals surface area contributed by atoms with Gasteiger partial charge in [-0.2, -0.15) is 5.10 Å². The Morgan fingerprint density at radius 1 is 1.22 bits per heavy atom. The van der Waals surface area contributed by atoms with Gasteiger partial charge in [0, 0.05) is 31.9 Å². The van der Waals surface area contributed by atoms with Gasteiger partial charge in [0.2, 0.25) is 0 Å². The first-order valence-electron chi connectivity index (χ1n) is 9.28. The highest BCUT2D eigenvalue weighted by atomic mass is 16.5. The summed E-state index contributed by atoms with van der Waals surface area (Å²) in [5, 5.41) is 11.1. The zero-order chi connectivity index (χ0) is 19.6. The van der Waals surface area contributed by atoms with Crippen LogP contribution >= 0.6 is 0 Å². The SMILES string of the molecule is CN=C(NCCCn1nc(C)cc1C)NCC(C)Oc1cccc(OC)c1. The van der Waals surface area contributed by atoms with Crippen LogP contribution in [-0.2, 0) is 6.54 Å². The van der Waals surface area contributed by atoms with Gasteiger partial charge >= 0.3 is 0 Å². The largest absolute Gasteiger partial charge is 0.497 e. The van der Waals surface area contributed by atoms with Crippen molar-refractivity contribution in [2.45, 2.75) is 39.8 Å². The first kappa shape index (κ1) is 20.6. The lowest BCUT2D eigenvalue weighted by atomic mass is 10.3. The van der Waals surface area contributed by atoms with Gasteiger partial charge in [-0.05, 0) is 45.4 Å². The molecule has 2 aromatic rings. The number of ether oxygens (including phenoxy) is 2. The molecule has 1 atom stereocenters. The molecule has 0 amide bonds. The molecule has 0 aliphatic heterocycles. The summed E-state index contributed by atoms with van der Waals surface area (Å²) in [4.78, 5) is 4.26. The van der Waals surface area contributed by atoms with E-state index in [0.717, 1.165) is 42.7 Å². The third-order valence-corrected chi connectivity index (χ3v) is 4.10. The van der Waals surface area contributed by atoms with Crippen LogP contribution in [0.5, 0.6) is 11.5 Å². The third-order valence-electron chi connectivity index (χ3n) is 4.10. The molecule has 7 nitrogen and oxygen atoms in total. The Morgan fingerprint density at radius 2 is 2.00 bits per heavy atom. The standard InChI is InChI=1S/C20H31N5O2/c1-15-12-16(2)25(24-15)11-7-10-22-20(21-4)23-14-17(3)27-19-9-6-8-18(13-19)26-5/h6,8-9,12-13,17H,7,10-11,14H2,1-5H3,(H2,21,22,23). The number of guanidine groups is 1. The van der Waals surface area contributed by atoms with E-state index in [1.54, 1.807) is 14.2 Å². The first-order valence-corrected chi connectivity index (χ1v) is 9.28. The predicted molar refractivity (Wildman–Crippen MR) is 109 cm³/mol. The summed E-state index contributed by atoms with van der Waals surface area (Å²) in [6.45, 7) is 8.47. The summed E-state index contributed by atoms with van der Waals surface area (Å²) in [7, 11) is 3.42. The summed E-state index contributed by atoms with van der Waals surface area (Å²) in [6, 6.07) is 9.70. The van der Waals surface area contributed by atoms with Crippen LogP contribution in [0.4, 0.5) is 0 Å². The van der Waals surface area contributed by atoms with Crippen molar-refractivity contribution in [2.24, 2.45) is 4.99 Å². The van der Waals surface area contributed by atoms with Crippen molar-refractivity contribution in [1.29, 1.82) is 0 Å². The number of rotatable bonds is 9. The van der Waals surface area contributed by atoms with Gasteiger partial charge in [0.15, 0.2) is 5.96 Å². The van der Waals surface area contributed by atoms with Gasteiger partial charge < -0.3 is 20.1 Å². The molecule has 148 valence electrons. The van der Waals surface area contributed by atoms with E-state index in [1.807, 2.05) is 42.8 Å². The van der Waals surface area contributed by atoms with E-state index < -0.39 is 0 Å². The van der Waals surface area contributed by atoms with Gasteiger partial charge in [0.25, 0.3) is 0 Å². The van der Waals surface area contributed by atoms with Crippen molar-refractivity contribution >= 4 is 5.96 Å². The van der Waals surface area contributed by atoms with Crippen LogP contribution in [-0.4, -0.2) is 49.1 Å². The molecule has 0 spiro atoms. The van der Waals surface area contributed by atoms with Crippen molar-refractivity contribution in [3.63, 3.8) is 0 Å². The van der Waals surface area contributed by atoms with Crippen LogP contribution in [0.25, 0.3) is 0 Å². The molecule has 1 heterocycles. The smallest absolute Gasteiger partial charge is 0.191 e. The van der Waals surface area contributed by atoms with E-state index in [-0.39, 0.29) is 6.10 Å². The molecule has 27 heavy (non-hydrogen) atoms. The fourth-order valence-corrected chi connectivity index (χ4v) is 2.75. The van der Waals surface area contributed by atoms with Crippen LogP contribution in [0.15, 0.2) is 35.3 Å². The molecule has 1 aromatic heterocycles. The summed E-state index contributed by atoms with van der Waals surface area (Å²) < 4.78 is 13.2. The number of methoxy groups -OCH3 is 1. The average molecular weight is 374 g/mol. The lowest BCUT2D eigenvalue weighted by molar-refractivity contribution is 0.223. The second-order valence-corrected chi connectivity index (χ2v) is 6.49. The van der Waals surface area contributed by atoms with E-state index in [4.69, 9.17) is 9.47 Å². The molecule has 2 N–H and O–H groups in total. The van der Waals surface area contributed by atoms with Crippen molar-refractivity contribution in [3.8, 4) is 11.5 Å². The Balaban J connectivity index is 1.69. The fraction of sp³-hybridized carbons (Fsp3) is 0.500. The lowest BCUT2D eigenvalue weighted by Crippen LogP contribution is -2.42. The average Bonchev–Trinajstić information content (AvgIpc) is 2.98. The van der Waals surface area contributed by atoms with Gasteiger partial charge in [0.05, 0.1) is 19.3 Å². The van der Waals surface area contributed by atoms with Crippen molar-refractivity contribution in [1.82, 2.24) is 20.4 Å². The topological polar surface area (TPSA) is 72.7 Å². The van der Waals surface area contributed by atoms with E-state index in [9.17, 15) is 0 Å². The number of nitrogens with zero attached hydrogens (tertiary/aromatic N) is 3. The van der Waals surface area contributed by atoms with Crippen LogP contribution in [0, 0.1) is 13.8 Å². The summed E-state index contributed by atoms with van der Waals surface area (Å²) in [5.41, 5.74) is 2.25. The van der Waals surface area contributed by atoms with E-state index >= 15 is 0 Å². The highest BCUT2D eigenvalue weighted by molar-refractivity contribution is 5.79. The first-order chi connectivity index (χ1) is 13.0. The number of benzene rings is 1. The molecule has 0 aliphatic rings. The number of aromatic nitrogens is 2. The molecule has 0 bridgehead atoms. The number of hydrogen-bond donors (Lipinski definition) is 2. The molecule has 0 saturated heterocycles. The monoisotopic (exact) mass is 373 g/mol. The quantitative estimate of drug-likeness (QED) is 0.401. The molecule has 0 fully saturated rings. The highest BCUT2D eigenvalue weighted by Gasteiger charge is 2.07. The highest BCUT2D eigenvalue weighted by Crippen LogP contribution is 2.19. The number of nitrogens with one attached hydrogen (secondary N) is 2. The second-order valence-electron chi connectivity index (χ2n) is 6.49. The predicted octanol–water partition coefficient (Wildman–Crippen LogP) is 2.53. The third kappa shape index (κ3) is 6.84. The molecule has 0 radical (unpaired) electrons. The van der Waals surface area contributed by atoms with Gasteiger partial charge in [-0.15, -0.1) is 0 Å². The van der Waals surface area contributed by atoms with Crippen molar-refractivity contribution in [2.75, 3.05) is 27.2 Å². The van der Waals surface area contributed by atoms with Gasteiger partial charge in [-0.25, -0.2) is 0 Å². The number of aryl methyl sites for hydroxylation is 3. The van der Waals surface area contributed by atoms with Crippen molar-refractivity contribution in [3.05, 3.63) is 41.7 Å². The van der Waals surface area contributed by atoms with Crippen LogP contribution in [0.1, 0.15) is 24.7 Å². The number of hydrogen-bond acceptors (Lipinski definition) is 4. The zero-order valence-electron chi connectivity index (χ0n) is 17.0. The van der Waals surface area contributed by atoms with Crippen LogP contribution in [0.3, 0.4) is 0 Å². The van der Waals surface area contributed by atoms with E-state index in [2.05, 4.69) is 33.7 Å². The summed E-state index contributed by atoms with van der Waals surface area (Å²) >= 11 is 0. The summed E-state index contributed by atoms with van der Waals surface area (Å²) in [5.74, 6) is 2.34. The molecule has 2 rings (SSSR count). The minimum Gasteiger partial charge on any atom is -0.497 e. The number of aliphatic imine (C=N–C) groups is 1. The Morgan fingerprint density at radius 3 is 2.67 bits per heavy atom. The van der Waals surface area contributed by atoms with Gasteiger partial charge in [-0.1, -0.05) is 6.07 Å². The summed E-state index contributed by atoms with van der Waals surface area (Å²) in [6.07, 6.45) is 0.962. The van der Waals surface area contributed by atoms with E-state index in [1.165, 1.54) is 5.69 Å². The molecule has 0 saturated carbocycles. The molecular weight excluding hydrogens is 342 g/mol. The second kappa shape index (κ2) is 10.4. The lowest BCUT2D eigenvalue weighted by Gasteiger charge is -2.18. The Labute approximate surface area is 161 Å². The van der Waals surface area contributed by atoms with Gasteiger partial charge in [0.1, 0.15) is 17.6 Å². The maximum Gasteiger partial charge on any atom is 0.191 e.